The molecule has 14 rings (SSSR count). The monoisotopic (exact) mass is 879 g/mol. The fraction of sp³-hybridized carbons (Fsp3) is 0.0156. The first kappa shape index (κ1) is 39.0. The average Bonchev–Trinajstić information content (AvgIpc) is 4.06. The lowest BCUT2D eigenvalue weighted by Crippen LogP contribution is -2.28. The number of hydrogen-bond acceptors (Lipinski definition) is 3. The van der Waals surface area contributed by atoms with Crippen molar-refractivity contribution in [2.75, 3.05) is 0 Å². The average molecular weight is 880 g/mol. The van der Waals surface area contributed by atoms with Crippen LogP contribution in [-0.2, 0) is 5.41 Å². The lowest BCUT2D eigenvalue weighted by Gasteiger charge is -2.33. The molecule has 0 unspecified atom stereocenters. The van der Waals surface area contributed by atoms with Crippen molar-refractivity contribution >= 4 is 43.6 Å². The molecule has 13 aromatic rings. The Balaban J connectivity index is 1.04. The quantitative estimate of drug-likeness (QED) is 0.160. The van der Waals surface area contributed by atoms with Gasteiger partial charge in [-0.05, 0) is 106 Å². The van der Waals surface area contributed by atoms with Crippen molar-refractivity contribution in [1.82, 2.24) is 24.1 Å². The molecule has 0 amide bonds. The van der Waals surface area contributed by atoms with E-state index in [1.165, 1.54) is 38.6 Å². The molecule has 5 heteroatoms. The van der Waals surface area contributed by atoms with Gasteiger partial charge in [0.05, 0.1) is 27.5 Å². The Morgan fingerprint density at radius 3 is 1.23 bits per heavy atom. The van der Waals surface area contributed by atoms with Gasteiger partial charge in [-0.1, -0.05) is 176 Å². The summed E-state index contributed by atoms with van der Waals surface area (Å²) in [7, 11) is 0. The summed E-state index contributed by atoms with van der Waals surface area (Å²) in [5.74, 6) is 1.85. The molecule has 0 bridgehead atoms. The molecule has 0 spiro atoms. The van der Waals surface area contributed by atoms with Crippen molar-refractivity contribution < 1.29 is 0 Å². The predicted octanol–water partition coefficient (Wildman–Crippen LogP) is 15.4. The highest BCUT2D eigenvalue weighted by Gasteiger charge is 2.47. The van der Waals surface area contributed by atoms with Crippen molar-refractivity contribution in [1.29, 1.82) is 0 Å². The molecule has 0 N–H and O–H groups in total. The van der Waals surface area contributed by atoms with Gasteiger partial charge < -0.3 is 9.13 Å². The van der Waals surface area contributed by atoms with Crippen LogP contribution in [0.5, 0.6) is 0 Å². The smallest absolute Gasteiger partial charge is 0.164 e. The van der Waals surface area contributed by atoms with Gasteiger partial charge in [0, 0.05) is 49.6 Å². The van der Waals surface area contributed by atoms with E-state index in [1.807, 2.05) is 0 Å². The van der Waals surface area contributed by atoms with E-state index in [4.69, 9.17) is 15.0 Å². The Morgan fingerprint density at radius 1 is 0.290 bits per heavy atom. The van der Waals surface area contributed by atoms with Crippen molar-refractivity contribution in [3.63, 3.8) is 0 Å². The highest BCUT2D eigenvalue weighted by molar-refractivity contribution is 6.11. The molecule has 3 heterocycles. The number of para-hydroxylation sites is 4. The van der Waals surface area contributed by atoms with Crippen LogP contribution in [-0.4, -0.2) is 24.1 Å². The summed E-state index contributed by atoms with van der Waals surface area (Å²) >= 11 is 0. The van der Waals surface area contributed by atoms with Crippen LogP contribution in [0.25, 0.3) is 100 Å². The number of aromatic nitrogens is 5. The second-order valence-corrected chi connectivity index (χ2v) is 17.9. The van der Waals surface area contributed by atoms with Crippen LogP contribution in [0.2, 0.25) is 0 Å². The normalized spacial score (nSPS) is 12.8. The van der Waals surface area contributed by atoms with E-state index < -0.39 is 5.41 Å². The largest absolute Gasteiger partial charge is 0.309 e. The van der Waals surface area contributed by atoms with Crippen molar-refractivity contribution in [2.45, 2.75) is 5.41 Å². The molecule has 10 aromatic carbocycles. The fourth-order valence-electron chi connectivity index (χ4n) is 11.4. The van der Waals surface area contributed by atoms with Crippen LogP contribution in [0, 0.1) is 0 Å². The highest BCUT2D eigenvalue weighted by Crippen LogP contribution is 2.58. The van der Waals surface area contributed by atoms with Gasteiger partial charge in [0.1, 0.15) is 0 Å². The molecule has 0 aliphatic heterocycles. The molecule has 1 aliphatic carbocycles. The van der Waals surface area contributed by atoms with Gasteiger partial charge in [0.15, 0.2) is 17.5 Å². The topological polar surface area (TPSA) is 48.5 Å². The fourth-order valence-corrected chi connectivity index (χ4v) is 11.4. The standard InChI is InChI=1S/C64H41N5/c1-5-20-44(21-6-1)64(45-22-7-2-8-23-45)54-32-16-13-30-50(54)60-51(31-19-33-55(60)64)63-66-61(42-36-38-58-52(40-42)48-28-14-17-34-56(48)68(58)46-24-9-3-10-25-46)65-62(67-63)43-37-39-59-53(41-43)49-29-15-18-35-57(49)69(59)47-26-11-4-12-27-47/h1-41H. The van der Waals surface area contributed by atoms with Gasteiger partial charge in [-0.15, -0.1) is 0 Å². The maximum absolute atomic E-state index is 5.52. The molecular formula is C64H41N5. The van der Waals surface area contributed by atoms with Crippen LogP contribution in [0.3, 0.4) is 0 Å². The molecule has 5 nitrogen and oxygen atoms in total. The number of fused-ring (bicyclic) bond motifs is 9. The lowest BCUT2D eigenvalue weighted by molar-refractivity contribution is 0.768. The van der Waals surface area contributed by atoms with Crippen molar-refractivity contribution in [3.05, 3.63) is 271 Å². The number of hydrogen-bond donors (Lipinski definition) is 0. The van der Waals surface area contributed by atoms with Gasteiger partial charge in [0.2, 0.25) is 0 Å². The van der Waals surface area contributed by atoms with E-state index >= 15 is 0 Å². The summed E-state index contributed by atoms with van der Waals surface area (Å²) in [4.78, 5) is 16.5. The van der Waals surface area contributed by atoms with Crippen LogP contribution >= 0.6 is 0 Å². The zero-order valence-corrected chi connectivity index (χ0v) is 37.4. The van der Waals surface area contributed by atoms with Crippen LogP contribution in [0.15, 0.2) is 249 Å². The molecule has 1 aliphatic rings. The maximum atomic E-state index is 5.52. The summed E-state index contributed by atoms with van der Waals surface area (Å²) in [6.45, 7) is 0. The Morgan fingerprint density at radius 2 is 0.696 bits per heavy atom. The molecule has 0 saturated heterocycles. The predicted molar refractivity (Wildman–Crippen MR) is 282 cm³/mol. The van der Waals surface area contributed by atoms with Crippen molar-refractivity contribution in [2.24, 2.45) is 0 Å². The van der Waals surface area contributed by atoms with Gasteiger partial charge in [-0.3, -0.25) is 0 Å². The molecule has 0 atom stereocenters. The van der Waals surface area contributed by atoms with Crippen molar-refractivity contribution in [3.8, 4) is 56.7 Å². The van der Waals surface area contributed by atoms with Crippen LogP contribution < -0.4 is 0 Å². The van der Waals surface area contributed by atoms with E-state index in [1.54, 1.807) is 0 Å². The minimum atomic E-state index is -0.570. The minimum Gasteiger partial charge on any atom is -0.309 e. The van der Waals surface area contributed by atoms with E-state index in [0.29, 0.717) is 17.5 Å². The van der Waals surface area contributed by atoms with Gasteiger partial charge >= 0.3 is 0 Å². The Bertz CT molecular complexity index is 3900. The van der Waals surface area contributed by atoms with E-state index in [2.05, 4.69) is 258 Å². The van der Waals surface area contributed by atoms with E-state index in [0.717, 1.165) is 66.5 Å². The molecule has 0 radical (unpaired) electrons. The minimum absolute atomic E-state index is 0.570. The Hall–Kier alpha value is -9.19. The molecular weight excluding hydrogens is 839 g/mol. The summed E-state index contributed by atoms with van der Waals surface area (Å²) in [6.07, 6.45) is 0. The zero-order chi connectivity index (χ0) is 45.5. The number of rotatable bonds is 7. The van der Waals surface area contributed by atoms with Gasteiger partial charge in [0.25, 0.3) is 0 Å². The number of nitrogens with zero attached hydrogens (tertiary/aromatic N) is 5. The summed E-state index contributed by atoms with van der Waals surface area (Å²) in [6, 6.07) is 89.2. The third-order valence-corrected chi connectivity index (χ3v) is 14.2. The molecule has 3 aromatic heterocycles. The molecule has 0 saturated carbocycles. The van der Waals surface area contributed by atoms with Crippen LogP contribution in [0.4, 0.5) is 0 Å². The molecule has 0 fully saturated rings. The third-order valence-electron chi connectivity index (χ3n) is 14.2. The molecule has 69 heavy (non-hydrogen) atoms. The second kappa shape index (κ2) is 15.4. The summed E-state index contributed by atoms with van der Waals surface area (Å²) in [5, 5.41) is 4.61. The van der Waals surface area contributed by atoms with Gasteiger partial charge in [-0.25, -0.2) is 15.0 Å². The second-order valence-electron chi connectivity index (χ2n) is 17.9. The maximum Gasteiger partial charge on any atom is 0.164 e. The SMILES string of the molecule is c1ccc(-n2c3ccccc3c3cc(-c4nc(-c5ccc6c(c5)c5ccccc5n6-c5ccccc5)nc(-c5cccc6c5-c5ccccc5C6(c5ccccc5)c5ccccc5)n4)ccc32)cc1. The molecule has 322 valence electrons. The van der Waals surface area contributed by atoms with Crippen LogP contribution in [0.1, 0.15) is 22.3 Å². The lowest BCUT2D eigenvalue weighted by atomic mass is 9.67. The summed E-state index contributed by atoms with van der Waals surface area (Å²) in [5.41, 5.74) is 16.2. The first-order valence-electron chi connectivity index (χ1n) is 23.5. The van der Waals surface area contributed by atoms with E-state index in [9.17, 15) is 0 Å². The first-order valence-corrected chi connectivity index (χ1v) is 23.5. The number of benzene rings is 10. The Labute approximate surface area is 398 Å². The van der Waals surface area contributed by atoms with Gasteiger partial charge in [-0.2, -0.15) is 0 Å². The first-order chi connectivity index (χ1) is 34.2. The zero-order valence-electron chi connectivity index (χ0n) is 37.4. The van der Waals surface area contributed by atoms with E-state index in [-0.39, 0.29) is 0 Å². The summed E-state index contributed by atoms with van der Waals surface area (Å²) < 4.78 is 4.69. The Kier molecular flexibility index (Phi) is 8.73. The third kappa shape index (κ3) is 5.87. The highest BCUT2D eigenvalue weighted by atomic mass is 15.0.